The molecule has 1 unspecified atom stereocenters. The molecule has 1 aliphatic rings. The Morgan fingerprint density at radius 2 is 2.00 bits per heavy atom. The molecule has 0 bridgehead atoms. The van der Waals surface area contributed by atoms with Gasteiger partial charge in [-0.3, -0.25) is 9.59 Å². The van der Waals surface area contributed by atoms with Crippen LogP contribution in [0.3, 0.4) is 0 Å². The van der Waals surface area contributed by atoms with Crippen molar-refractivity contribution in [1.29, 1.82) is 5.26 Å². The zero-order valence-corrected chi connectivity index (χ0v) is 13.7. The fourth-order valence-corrected chi connectivity index (χ4v) is 1.92. The Bertz CT molecular complexity index is 537. The first-order valence-corrected chi connectivity index (χ1v) is 7.84. The monoisotopic (exact) mass is 334 g/mol. The number of carboxylic acid groups (broad SMARTS) is 1. The molecule has 1 aliphatic carbocycles. The van der Waals surface area contributed by atoms with Crippen LogP contribution in [0.4, 0.5) is 0 Å². The SMILES string of the molecule is N#Cc1cccc(C=O)c1.NC1CCCCC1.NCC(N)C(=O)O. The second kappa shape index (κ2) is 13.2. The van der Waals surface area contributed by atoms with Crippen molar-refractivity contribution in [2.24, 2.45) is 17.2 Å². The van der Waals surface area contributed by atoms with Crippen LogP contribution in [0.2, 0.25) is 0 Å². The maximum absolute atomic E-state index is 10.2. The average Bonchev–Trinajstić information content (AvgIpc) is 2.62. The van der Waals surface area contributed by atoms with Gasteiger partial charge in [-0.25, -0.2) is 0 Å². The lowest BCUT2D eigenvalue weighted by Gasteiger charge is -2.15. The Labute approximate surface area is 142 Å². The molecular formula is C17H26N4O3. The number of benzene rings is 1. The number of nitrogens with two attached hydrogens (primary N) is 3. The van der Waals surface area contributed by atoms with Crippen LogP contribution in [0.5, 0.6) is 0 Å². The molecule has 7 heteroatoms. The minimum atomic E-state index is -1.05. The second-order valence-electron chi connectivity index (χ2n) is 5.43. The molecule has 1 saturated carbocycles. The topological polar surface area (TPSA) is 156 Å². The molecule has 1 aromatic rings. The smallest absolute Gasteiger partial charge is 0.321 e. The summed E-state index contributed by atoms with van der Waals surface area (Å²) in [4.78, 5) is 19.9. The molecule has 24 heavy (non-hydrogen) atoms. The third-order valence-corrected chi connectivity index (χ3v) is 3.37. The lowest BCUT2D eigenvalue weighted by Crippen LogP contribution is -2.37. The van der Waals surface area contributed by atoms with Crippen molar-refractivity contribution in [3.05, 3.63) is 35.4 Å². The van der Waals surface area contributed by atoms with E-state index in [4.69, 9.17) is 27.6 Å². The van der Waals surface area contributed by atoms with E-state index < -0.39 is 12.0 Å². The maximum Gasteiger partial charge on any atom is 0.321 e. The average molecular weight is 334 g/mol. The zero-order valence-electron chi connectivity index (χ0n) is 13.7. The van der Waals surface area contributed by atoms with Crippen LogP contribution in [0.15, 0.2) is 24.3 Å². The first-order valence-electron chi connectivity index (χ1n) is 7.84. The molecule has 1 fully saturated rings. The van der Waals surface area contributed by atoms with E-state index in [9.17, 15) is 9.59 Å². The number of nitriles is 1. The van der Waals surface area contributed by atoms with Crippen molar-refractivity contribution >= 4 is 12.3 Å². The summed E-state index contributed by atoms with van der Waals surface area (Å²) in [5, 5.41) is 16.4. The van der Waals surface area contributed by atoms with Crippen molar-refractivity contribution in [2.45, 2.75) is 44.2 Å². The number of aliphatic carboxylic acids is 1. The van der Waals surface area contributed by atoms with Crippen LogP contribution in [-0.4, -0.2) is 36.0 Å². The van der Waals surface area contributed by atoms with Gasteiger partial charge in [-0.05, 0) is 25.0 Å². The minimum Gasteiger partial charge on any atom is -0.480 e. The fraction of sp³-hybridized carbons (Fsp3) is 0.471. The summed E-state index contributed by atoms with van der Waals surface area (Å²) >= 11 is 0. The summed E-state index contributed by atoms with van der Waals surface area (Å²) in [7, 11) is 0. The predicted molar refractivity (Wildman–Crippen MR) is 92.3 cm³/mol. The van der Waals surface area contributed by atoms with Crippen LogP contribution in [0.25, 0.3) is 0 Å². The van der Waals surface area contributed by atoms with Gasteiger partial charge >= 0.3 is 5.97 Å². The molecule has 7 N–H and O–H groups in total. The molecule has 2 rings (SSSR count). The number of nitrogens with zero attached hydrogens (tertiary/aromatic N) is 1. The van der Waals surface area contributed by atoms with Gasteiger partial charge < -0.3 is 22.3 Å². The zero-order chi connectivity index (χ0) is 18.4. The summed E-state index contributed by atoms with van der Waals surface area (Å²) in [6, 6.07) is 8.13. The lowest BCUT2D eigenvalue weighted by molar-refractivity contribution is -0.138. The third-order valence-electron chi connectivity index (χ3n) is 3.37. The quantitative estimate of drug-likeness (QED) is 0.601. The van der Waals surface area contributed by atoms with Crippen LogP contribution in [-0.2, 0) is 4.79 Å². The molecule has 0 aromatic heterocycles. The standard InChI is InChI=1S/C8H5NO.C6H13N.C3H8N2O2/c9-5-7-2-1-3-8(4-7)6-10;7-6-4-2-1-3-5-6;4-1-2(5)3(6)7/h1-4,6H;6H,1-5,7H2;2H,1,4-5H2,(H,6,7). The Morgan fingerprint density at radius 3 is 2.33 bits per heavy atom. The van der Waals surface area contributed by atoms with Crippen LogP contribution >= 0.6 is 0 Å². The molecule has 0 saturated heterocycles. The minimum absolute atomic E-state index is 0.00463. The van der Waals surface area contributed by atoms with Gasteiger partial charge in [0, 0.05) is 18.2 Å². The van der Waals surface area contributed by atoms with Crippen LogP contribution in [0, 0.1) is 11.3 Å². The Kier molecular flexibility index (Phi) is 11.9. The van der Waals surface area contributed by atoms with E-state index >= 15 is 0 Å². The van der Waals surface area contributed by atoms with Crippen LogP contribution < -0.4 is 17.2 Å². The van der Waals surface area contributed by atoms with Crippen molar-refractivity contribution < 1.29 is 14.7 Å². The van der Waals surface area contributed by atoms with Gasteiger partial charge in [0.1, 0.15) is 12.3 Å². The number of carboxylic acids is 1. The highest BCUT2D eigenvalue weighted by atomic mass is 16.4. The van der Waals surface area contributed by atoms with E-state index in [0.717, 1.165) is 6.29 Å². The largest absolute Gasteiger partial charge is 0.480 e. The number of carbonyl (C=O) groups is 2. The summed E-state index contributed by atoms with van der Waals surface area (Å²) < 4.78 is 0. The highest BCUT2D eigenvalue weighted by Gasteiger charge is 2.06. The first kappa shape index (κ1) is 21.7. The molecule has 1 aromatic carbocycles. The van der Waals surface area contributed by atoms with Crippen molar-refractivity contribution in [3.63, 3.8) is 0 Å². The van der Waals surface area contributed by atoms with Gasteiger partial charge in [-0.2, -0.15) is 5.26 Å². The van der Waals surface area contributed by atoms with E-state index in [0.29, 0.717) is 17.2 Å². The molecule has 0 heterocycles. The van der Waals surface area contributed by atoms with Gasteiger partial charge in [0.2, 0.25) is 0 Å². The predicted octanol–water partition coefficient (Wildman–Crippen LogP) is 1.01. The van der Waals surface area contributed by atoms with Gasteiger partial charge in [0.05, 0.1) is 11.6 Å². The van der Waals surface area contributed by atoms with Crippen molar-refractivity contribution in [3.8, 4) is 6.07 Å². The van der Waals surface area contributed by atoms with Gasteiger partial charge in [-0.15, -0.1) is 0 Å². The molecule has 0 amide bonds. The Balaban J connectivity index is 0.000000340. The van der Waals surface area contributed by atoms with Crippen molar-refractivity contribution in [2.75, 3.05) is 6.54 Å². The van der Waals surface area contributed by atoms with E-state index in [1.807, 2.05) is 6.07 Å². The number of hydrogen-bond donors (Lipinski definition) is 4. The summed E-state index contributed by atoms with van der Waals surface area (Å²) in [5.41, 5.74) is 16.5. The summed E-state index contributed by atoms with van der Waals surface area (Å²) in [5.74, 6) is -1.05. The Hall–Kier alpha value is -2.27. The van der Waals surface area contributed by atoms with E-state index in [-0.39, 0.29) is 6.54 Å². The van der Waals surface area contributed by atoms with Gasteiger partial charge in [0.15, 0.2) is 0 Å². The van der Waals surface area contributed by atoms with Crippen molar-refractivity contribution in [1.82, 2.24) is 0 Å². The summed E-state index contributed by atoms with van der Waals surface area (Å²) in [6.07, 6.45) is 7.39. The highest BCUT2D eigenvalue weighted by Crippen LogP contribution is 2.14. The van der Waals surface area contributed by atoms with Gasteiger partial charge in [-0.1, -0.05) is 31.4 Å². The Morgan fingerprint density at radius 1 is 1.38 bits per heavy atom. The number of rotatable bonds is 3. The molecule has 132 valence electrons. The second-order valence-corrected chi connectivity index (χ2v) is 5.43. The fourth-order valence-electron chi connectivity index (χ4n) is 1.92. The van der Waals surface area contributed by atoms with E-state index in [1.165, 1.54) is 32.1 Å². The molecule has 0 aliphatic heterocycles. The molecular weight excluding hydrogens is 308 g/mol. The number of hydrogen-bond acceptors (Lipinski definition) is 6. The maximum atomic E-state index is 10.2. The van der Waals surface area contributed by atoms with E-state index in [2.05, 4.69) is 0 Å². The first-order chi connectivity index (χ1) is 11.4. The van der Waals surface area contributed by atoms with Crippen LogP contribution in [0.1, 0.15) is 48.0 Å². The molecule has 7 nitrogen and oxygen atoms in total. The number of carbonyl (C=O) groups excluding carboxylic acids is 1. The molecule has 1 atom stereocenters. The lowest BCUT2D eigenvalue weighted by atomic mass is 9.97. The summed E-state index contributed by atoms with van der Waals surface area (Å²) in [6.45, 7) is -0.00463. The molecule has 0 radical (unpaired) electrons. The third kappa shape index (κ3) is 10.5. The normalized spacial score (nSPS) is 14.8. The van der Waals surface area contributed by atoms with E-state index in [1.54, 1.807) is 24.3 Å². The highest BCUT2D eigenvalue weighted by molar-refractivity contribution is 5.75. The number of aldehydes is 1. The van der Waals surface area contributed by atoms with Gasteiger partial charge in [0.25, 0.3) is 0 Å². The molecule has 0 spiro atoms.